The van der Waals surface area contributed by atoms with Crippen LogP contribution in [0.3, 0.4) is 0 Å². The van der Waals surface area contributed by atoms with Crippen LogP contribution < -0.4 is 4.74 Å². The van der Waals surface area contributed by atoms with Crippen LogP contribution in [0.15, 0.2) is 12.1 Å². The maximum atomic E-state index is 12.6. The lowest BCUT2D eigenvalue weighted by Gasteiger charge is -2.08. The Hall–Kier alpha value is -1.72. The highest BCUT2D eigenvalue weighted by molar-refractivity contribution is 5.72. The summed E-state index contributed by atoms with van der Waals surface area (Å²) >= 11 is 0. The molecule has 0 radical (unpaired) electrons. The van der Waals surface area contributed by atoms with Gasteiger partial charge in [0.15, 0.2) is 0 Å². The number of hydrogen-bond acceptors (Lipinski definition) is 4. The van der Waals surface area contributed by atoms with Gasteiger partial charge in [0.05, 0.1) is 26.3 Å². The third kappa shape index (κ3) is 2.88. The summed E-state index contributed by atoms with van der Waals surface area (Å²) in [6.45, 7) is 0. The third-order valence-corrected chi connectivity index (χ3v) is 1.97. The molecule has 16 heavy (non-hydrogen) atoms. The summed E-state index contributed by atoms with van der Waals surface area (Å²) in [4.78, 5) is 14.8. The fourth-order valence-electron chi connectivity index (χ4n) is 1.15. The van der Waals surface area contributed by atoms with Gasteiger partial charge in [-0.1, -0.05) is 0 Å². The molecule has 0 aliphatic rings. The second kappa shape index (κ2) is 5.39. The molecule has 88 valence electrons. The van der Waals surface area contributed by atoms with E-state index in [1.54, 1.807) is 0 Å². The molecule has 0 unspecified atom stereocenters. The van der Waals surface area contributed by atoms with E-state index in [4.69, 9.17) is 4.74 Å². The minimum absolute atomic E-state index is 0.0267. The molecule has 0 fully saturated rings. The molecule has 0 saturated carbocycles. The molecule has 4 nitrogen and oxygen atoms in total. The molecular weight excluding hydrogens is 220 g/mol. The van der Waals surface area contributed by atoms with E-state index in [0.29, 0.717) is 0 Å². The minimum Gasteiger partial charge on any atom is -0.481 e. The van der Waals surface area contributed by atoms with Crippen molar-refractivity contribution in [3.05, 3.63) is 23.4 Å². The summed E-state index contributed by atoms with van der Waals surface area (Å²) in [5, 5.41) is 0. The summed E-state index contributed by atoms with van der Waals surface area (Å²) in [6, 6.07) is 2.51. The Morgan fingerprint density at radius 1 is 1.44 bits per heavy atom. The first-order chi connectivity index (χ1) is 7.58. The summed E-state index contributed by atoms with van der Waals surface area (Å²) in [5.41, 5.74) is -0.313. The molecule has 0 N–H and O–H groups in total. The lowest BCUT2D eigenvalue weighted by atomic mass is 10.1. The van der Waals surface area contributed by atoms with Crippen molar-refractivity contribution in [2.24, 2.45) is 0 Å². The van der Waals surface area contributed by atoms with Crippen molar-refractivity contribution in [1.82, 2.24) is 4.98 Å². The Morgan fingerprint density at radius 3 is 2.62 bits per heavy atom. The van der Waals surface area contributed by atoms with Crippen molar-refractivity contribution in [3.63, 3.8) is 0 Å². The number of halogens is 2. The van der Waals surface area contributed by atoms with Crippen molar-refractivity contribution in [2.75, 3.05) is 14.2 Å². The number of rotatable bonds is 4. The van der Waals surface area contributed by atoms with Crippen molar-refractivity contribution in [3.8, 4) is 5.88 Å². The van der Waals surface area contributed by atoms with Crippen LogP contribution in [-0.4, -0.2) is 25.2 Å². The molecule has 1 heterocycles. The van der Waals surface area contributed by atoms with Gasteiger partial charge in [0.2, 0.25) is 5.88 Å². The van der Waals surface area contributed by atoms with Gasteiger partial charge in [-0.2, -0.15) is 0 Å². The maximum Gasteiger partial charge on any atom is 0.311 e. The van der Waals surface area contributed by atoms with E-state index < -0.39 is 12.4 Å². The average molecular weight is 231 g/mol. The highest BCUT2D eigenvalue weighted by Crippen LogP contribution is 2.24. The van der Waals surface area contributed by atoms with Gasteiger partial charge >= 0.3 is 5.97 Å². The molecule has 0 atom stereocenters. The number of esters is 1. The van der Waals surface area contributed by atoms with E-state index in [1.807, 2.05) is 0 Å². The van der Waals surface area contributed by atoms with Crippen molar-refractivity contribution in [1.29, 1.82) is 0 Å². The van der Waals surface area contributed by atoms with Gasteiger partial charge in [0.25, 0.3) is 6.43 Å². The summed E-state index contributed by atoms with van der Waals surface area (Å²) in [6.07, 6.45) is -2.98. The second-order valence-electron chi connectivity index (χ2n) is 2.94. The van der Waals surface area contributed by atoms with E-state index >= 15 is 0 Å². The number of ether oxygens (including phenoxy) is 2. The number of aromatic nitrogens is 1. The molecule has 0 saturated heterocycles. The standard InChI is InChI=1S/C10H11F2NO3/c1-15-8-4-3-6(10(11)12)7(13-8)5-9(14)16-2/h3-4,10H,5H2,1-2H3. The number of carbonyl (C=O) groups is 1. The molecule has 1 rings (SSSR count). The van der Waals surface area contributed by atoms with Gasteiger partial charge in [0, 0.05) is 11.6 Å². The van der Waals surface area contributed by atoms with Crippen molar-refractivity contribution < 1.29 is 23.0 Å². The molecule has 6 heteroatoms. The average Bonchev–Trinajstić information content (AvgIpc) is 2.28. The zero-order valence-corrected chi connectivity index (χ0v) is 8.87. The van der Waals surface area contributed by atoms with E-state index in [0.717, 1.165) is 0 Å². The highest BCUT2D eigenvalue weighted by Gasteiger charge is 2.17. The Kier molecular flexibility index (Phi) is 4.16. The fraction of sp³-hybridized carbons (Fsp3) is 0.400. The van der Waals surface area contributed by atoms with Crippen molar-refractivity contribution in [2.45, 2.75) is 12.8 Å². The van der Waals surface area contributed by atoms with Crippen LogP contribution in [0.5, 0.6) is 5.88 Å². The zero-order valence-electron chi connectivity index (χ0n) is 8.87. The van der Waals surface area contributed by atoms with Gasteiger partial charge < -0.3 is 9.47 Å². The topological polar surface area (TPSA) is 48.4 Å². The van der Waals surface area contributed by atoms with Gasteiger partial charge in [-0.25, -0.2) is 13.8 Å². The van der Waals surface area contributed by atoms with Crippen molar-refractivity contribution >= 4 is 5.97 Å². The Balaban J connectivity index is 3.05. The van der Waals surface area contributed by atoms with Gasteiger partial charge in [-0.05, 0) is 6.07 Å². The number of carbonyl (C=O) groups excluding carboxylic acids is 1. The molecular formula is C10H11F2NO3. The van der Waals surface area contributed by atoms with E-state index in [-0.39, 0.29) is 23.6 Å². The Bertz CT molecular complexity index is 382. The smallest absolute Gasteiger partial charge is 0.311 e. The molecule has 0 spiro atoms. The molecule has 0 aliphatic carbocycles. The van der Waals surface area contributed by atoms with Crippen LogP contribution in [0.25, 0.3) is 0 Å². The summed E-state index contributed by atoms with van der Waals surface area (Å²) in [7, 11) is 2.55. The van der Waals surface area contributed by atoms with E-state index in [9.17, 15) is 13.6 Å². The fourth-order valence-corrected chi connectivity index (χ4v) is 1.15. The lowest BCUT2D eigenvalue weighted by molar-refractivity contribution is -0.139. The molecule has 1 aromatic rings. The number of hydrogen-bond donors (Lipinski definition) is 0. The molecule has 0 amide bonds. The van der Waals surface area contributed by atoms with Crippen LogP contribution in [0.2, 0.25) is 0 Å². The largest absolute Gasteiger partial charge is 0.481 e. The third-order valence-electron chi connectivity index (χ3n) is 1.97. The molecule has 0 aliphatic heterocycles. The van der Waals surface area contributed by atoms with Crippen LogP contribution in [0.1, 0.15) is 17.7 Å². The van der Waals surface area contributed by atoms with Gasteiger partial charge in [-0.3, -0.25) is 4.79 Å². The van der Waals surface area contributed by atoms with E-state index in [1.165, 1.54) is 26.4 Å². The molecule has 1 aromatic heterocycles. The first kappa shape index (κ1) is 12.4. The lowest BCUT2D eigenvalue weighted by Crippen LogP contribution is -2.09. The van der Waals surface area contributed by atoms with Crippen LogP contribution in [-0.2, 0) is 16.0 Å². The highest BCUT2D eigenvalue weighted by atomic mass is 19.3. The minimum atomic E-state index is -2.68. The van der Waals surface area contributed by atoms with E-state index in [2.05, 4.69) is 9.72 Å². The molecule has 0 bridgehead atoms. The predicted molar refractivity (Wildman–Crippen MR) is 51.5 cm³/mol. The quantitative estimate of drug-likeness (QED) is 0.740. The normalized spacial score (nSPS) is 10.3. The van der Waals surface area contributed by atoms with Crippen LogP contribution in [0, 0.1) is 0 Å². The SMILES string of the molecule is COC(=O)Cc1nc(OC)ccc1C(F)F. The van der Waals surface area contributed by atoms with Gasteiger partial charge in [0.1, 0.15) is 0 Å². The van der Waals surface area contributed by atoms with Gasteiger partial charge in [-0.15, -0.1) is 0 Å². The van der Waals surface area contributed by atoms with Crippen LogP contribution in [0.4, 0.5) is 8.78 Å². The zero-order chi connectivity index (χ0) is 12.1. The monoisotopic (exact) mass is 231 g/mol. The number of methoxy groups -OCH3 is 2. The maximum absolute atomic E-state index is 12.6. The summed E-state index contributed by atoms with van der Waals surface area (Å²) < 4.78 is 34.4. The van der Waals surface area contributed by atoms with Crippen LogP contribution >= 0.6 is 0 Å². The first-order valence-electron chi connectivity index (χ1n) is 4.47. The Morgan fingerprint density at radius 2 is 2.12 bits per heavy atom. The first-order valence-corrected chi connectivity index (χ1v) is 4.47. The number of nitrogens with zero attached hydrogens (tertiary/aromatic N) is 1. The summed E-state index contributed by atoms with van der Waals surface area (Å²) in [5.74, 6) is -0.439. The Labute approximate surface area is 91.2 Å². The second-order valence-corrected chi connectivity index (χ2v) is 2.94. The predicted octanol–water partition coefficient (Wildman–Crippen LogP) is 1.74. The number of pyridine rings is 1. The number of alkyl halides is 2. The molecule has 0 aromatic carbocycles.